The van der Waals surface area contributed by atoms with Crippen molar-refractivity contribution in [3.05, 3.63) is 78.1 Å². The van der Waals surface area contributed by atoms with Gasteiger partial charge in [-0.25, -0.2) is 0 Å². The van der Waals surface area contributed by atoms with Crippen LogP contribution in [-0.2, 0) is 4.79 Å². The highest BCUT2D eigenvalue weighted by atomic mass is 16.2. The number of pyridine rings is 1. The average Bonchev–Trinajstić information content (AvgIpc) is 3.11. The van der Waals surface area contributed by atoms with E-state index >= 15 is 0 Å². The van der Waals surface area contributed by atoms with Crippen molar-refractivity contribution in [3.8, 4) is 0 Å². The number of hydrogen-bond donors (Lipinski definition) is 3. The maximum Gasteiger partial charge on any atom is 0.258 e. The fourth-order valence-electron chi connectivity index (χ4n) is 3.65. The third kappa shape index (κ3) is 4.58. The number of anilines is 4. The Bertz CT molecular complexity index is 1140. The van der Waals surface area contributed by atoms with Gasteiger partial charge < -0.3 is 26.2 Å². The van der Waals surface area contributed by atoms with Gasteiger partial charge in [-0.1, -0.05) is 0 Å². The topological polar surface area (TPSA) is 86.5 Å². The van der Waals surface area contributed by atoms with Gasteiger partial charge in [-0.05, 0) is 68.7 Å². The van der Waals surface area contributed by atoms with Gasteiger partial charge >= 0.3 is 0 Å². The summed E-state index contributed by atoms with van der Waals surface area (Å²) < 4.78 is 0. The molecule has 2 aromatic carbocycles. The Labute approximate surface area is 188 Å². The van der Waals surface area contributed by atoms with Crippen LogP contribution < -0.4 is 21.3 Å². The van der Waals surface area contributed by atoms with E-state index in [9.17, 15) is 4.79 Å². The number of nitrogens with zero attached hydrogens (tertiary/aromatic N) is 3. The molecule has 0 atom stereocenters. The van der Waals surface area contributed by atoms with Crippen LogP contribution in [0.2, 0.25) is 0 Å². The molecule has 0 saturated carbocycles. The predicted molar refractivity (Wildman–Crippen MR) is 132 cm³/mol. The standard InChI is InChI=1S/C25H28N6O/c1-30(2)13-14-31(3)20-9-7-19(8-10-20)28-24(17-5-4-12-27-16-17)23-21-11-6-18(26)15-22(21)29-25(23)32/h4-12,15-16,28H,13-14,26H2,1-3H3,(H,29,32)/b24-23-. The summed E-state index contributed by atoms with van der Waals surface area (Å²) in [5.41, 5.74) is 12.2. The van der Waals surface area contributed by atoms with Crippen LogP contribution >= 0.6 is 0 Å². The van der Waals surface area contributed by atoms with Crippen LogP contribution in [0.5, 0.6) is 0 Å². The zero-order chi connectivity index (χ0) is 22.7. The molecule has 0 bridgehead atoms. The van der Waals surface area contributed by atoms with Crippen LogP contribution in [0.25, 0.3) is 11.3 Å². The van der Waals surface area contributed by atoms with Crippen molar-refractivity contribution in [1.82, 2.24) is 9.88 Å². The van der Waals surface area contributed by atoms with E-state index in [1.54, 1.807) is 24.5 Å². The zero-order valence-corrected chi connectivity index (χ0v) is 18.6. The molecule has 3 aromatic rings. The molecule has 0 radical (unpaired) electrons. The Kier molecular flexibility index (Phi) is 6.09. The molecule has 0 fully saturated rings. The van der Waals surface area contributed by atoms with Gasteiger partial charge in [0.1, 0.15) is 0 Å². The molecule has 1 aromatic heterocycles. The number of amides is 1. The predicted octanol–water partition coefficient (Wildman–Crippen LogP) is 3.59. The van der Waals surface area contributed by atoms with Crippen molar-refractivity contribution in [1.29, 1.82) is 0 Å². The molecule has 0 spiro atoms. The molecule has 32 heavy (non-hydrogen) atoms. The summed E-state index contributed by atoms with van der Waals surface area (Å²) >= 11 is 0. The third-order valence-corrected chi connectivity index (χ3v) is 5.45. The van der Waals surface area contributed by atoms with Crippen molar-refractivity contribution in [2.75, 3.05) is 55.5 Å². The molecule has 0 aliphatic carbocycles. The van der Waals surface area contributed by atoms with Crippen LogP contribution in [0.15, 0.2) is 67.0 Å². The number of nitrogens with one attached hydrogen (secondary N) is 2. The normalized spacial score (nSPS) is 14.2. The van der Waals surface area contributed by atoms with Crippen molar-refractivity contribution >= 4 is 39.9 Å². The molecule has 0 saturated heterocycles. The molecule has 4 rings (SSSR count). The molecule has 1 aliphatic heterocycles. The van der Waals surface area contributed by atoms with E-state index in [1.165, 1.54) is 0 Å². The van der Waals surface area contributed by atoms with E-state index in [2.05, 4.69) is 58.7 Å². The lowest BCUT2D eigenvalue weighted by Crippen LogP contribution is -2.28. The largest absolute Gasteiger partial charge is 0.399 e. The number of carbonyl (C=O) groups is 1. The number of rotatable bonds is 7. The molecular weight excluding hydrogens is 400 g/mol. The Morgan fingerprint density at radius 3 is 2.53 bits per heavy atom. The third-order valence-electron chi connectivity index (χ3n) is 5.45. The second kappa shape index (κ2) is 9.11. The fourth-order valence-corrected chi connectivity index (χ4v) is 3.65. The minimum absolute atomic E-state index is 0.169. The molecule has 4 N–H and O–H groups in total. The molecule has 164 valence electrons. The lowest BCUT2D eigenvalue weighted by molar-refractivity contribution is -0.110. The number of aromatic nitrogens is 1. The fraction of sp³-hybridized carbons (Fsp3) is 0.200. The molecule has 2 heterocycles. The first kappa shape index (κ1) is 21.4. The van der Waals surface area contributed by atoms with Crippen molar-refractivity contribution in [2.45, 2.75) is 0 Å². The molecular formula is C25H28N6O. The number of likely N-dealkylation sites (N-methyl/N-ethyl adjacent to an activating group) is 2. The Balaban J connectivity index is 1.68. The van der Waals surface area contributed by atoms with Crippen LogP contribution in [0.1, 0.15) is 11.1 Å². The summed E-state index contributed by atoms with van der Waals surface area (Å²) in [5.74, 6) is -0.169. The SMILES string of the molecule is CN(C)CCN(C)c1ccc(N/C(=C2\C(=O)Nc3cc(N)ccc32)c2cccnc2)cc1. The Morgan fingerprint density at radius 1 is 1.06 bits per heavy atom. The first-order valence-electron chi connectivity index (χ1n) is 10.5. The zero-order valence-electron chi connectivity index (χ0n) is 18.6. The first-order chi connectivity index (χ1) is 15.4. The number of hydrogen-bond acceptors (Lipinski definition) is 6. The van der Waals surface area contributed by atoms with Crippen LogP contribution in [0.3, 0.4) is 0 Å². The van der Waals surface area contributed by atoms with E-state index in [1.807, 2.05) is 30.3 Å². The van der Waals surface area contributed by atoms with Gasteiger partial charge in [0, 0.05) is 60.7 Å². The van der Waals surface area contributed by atoms with Crippen LogP contribution in [0, 0.1) is 0 Å². The maximum atomic E-state index is 12.9. The molecule has 7 heteroatoms. The number of benzene rings is 2. The van der Waals surface area contributed by atoms with E-state index in [4.69, 9.17) is 5.73 Å². The molecule has 1 aliphatic rings. The van der Waals surface area contributed by atoms with Gasteiger partial charge in [0.05, 0.1) is 17.0 Å². The van der Waals surface area contributed by atoms with Gasteiger partial charge in [0.2, 0.25) is 0 Å². The van der Waals surface area contributed by atoms with E-state index in [0.29, 0.717) is 22.6 Å². The summed E-state index contributed by atoms with van der Waals surface area (Å²) in [7, 11) is 6.22. The summed E-state index contributed by atoms with van der Waals surface area (Å²) in [6.45, 7) is 1.91. The average molecular weight is 429 g/mol. The number of nitrogens with two attached hydrogens (primary N) is 1. The van der Waals surface area contributed by atoms with Crippen molar-refractivity contribution in [3.63, 3.8) is 0 Å². The maximum absolute atomic E-state index is 12.9. The van der Waals surface area contributed by atoms with Gasteiger partial charge in [-0.15, -0.1) is 0 Å². The highest BCUT2D eigenvalue weighted by Crippen LogP contribution is 2.38. The van der Waals surface area contributed by atoms with Gasteiger partial charge in [0.15, 0.2) is 0 Å². The highest BCUT2D eigenvalue weighted by molar-refractivity contribution is 6.37. The molecule has 7 nitrogen and oxygen atoms in total. The molecule has 1 amide bonds. The number of carbonyl (C=O) groups excluding carboxylic acids is 1. The van der Waals surface area contributed by atoms with Crippen LogP contribution in [-0.4, -0.2) is 50.0 Å². The minimum atomic E-state index is -0.169. The second-order valence-electron chi connectivity index (χ2n) is 8.15. The summed E-state index contributed by atoms with van der Waals surface area (Å²) in [6.07, 6.45) is 3.47. The Hall–Kier alpha value is -3.84. The summed E-state index contributed by atoms with van der Waals surface area (Å²) in [4.78, 5) is 21.6. The smallest absolute Gasteiger partial charge is 0.258 e. The van der Waals surface area contributed by atoms with E-state index in [0.717, 1.165) is 35.6 Å². The lowest BCUT2D eigenvalue weighted by Gasteiger charge is -2.22. The highest BCUT2D eigenvalue weighted by Gasteiger charge is 2.28. The monoisotopic (exact) mass is 428 g/mol. The van der Waals surface area contributed by atoms with E-state index in [-0.39, 0.29) is 5.91 Å². The first-order valence-corrected chi connectivity index (χ1v) is 10.5. The van der Waals surface area contributed by atoms with Gasteiger partial charge in [0.25, 0.3) is 5.91 Å². The lowest BCUT2D eigenvalue weighted by atomic mass is 10.0. The second-order valence-corrected chi connectivity index (χ2v) is 8.15. The van der Waals surface area contributed by atoms with Crippen LogP contribution in [0.4, 0.5) is 22.7 Å². The van der Waals surface area contributed by atoms with Crippen molar-refractivity contribution < 1.29 is 4.79 Å². The summed E-state index contributed by atoms with van der Waals surface area (Å²) in [5, 5.41) is 6.38. The van der Waals surface area contributed by atoms with Crippen molar-refractivity contribution in [2.24, 2.45) is 0 Å². The van der Waals surface area contributed by atoms with Gasteiger partial charge in [-0.2, -0.15) is 0 Å². The van der Waals surface area contributed by atoms with E-state index < -0.39 is 0 Å². The molecule has 0 unspecified atom stereocenters. The summed E-state index contributed by atoms with van der Waals surface area (Å²) in [6, 6.07) is 17.5. The quantitative estimate of drug-likeness (QED) is 0.394. The number of nitrogen functional groups attached to an aromatic ring is 1. The number of fused-ring (bicyclic) bond motifs is 1. The minimum Gasteiger partial charge on any atom is -0.399 e. The Morgan fingerprint density at radius 2 is 1.84 bits per heavy atom. The van der Waals surface area contributed by atoms with Gasteiger partial charge in [-0.3, -0.25) is 9.78 Å².